The van der Waals surface area contributed by atoms with Crippen molar-refractivity contribution in [2.75, 3.05) is 20.0 Å². The van der Waals surface area contributed by atoms with Crippen LogP contribution in [0.1, 0.15) is 0 Å². The molecule has 2 N–H and O–H groups in total. The van der Waals surface area contributed by atoms with Gasteiger partial charge in [0.05, 0.1) is 0 Å². The quantitative estimate of drug-likeness (QED) is 0.441. The molecular formula is C3H8CrN3. The van der Waals surface area contributed by atoms with Gasteiger partial charge < -0.3 is 0 Å². The van der Waals surface area contributed by atoms with Crippen LogP contribution in [0, 0.1) is 0 Å². The average Bonchev–Trinajstić information content (AvgIpc) is 1.69. The zero-order valence-electron chi connectivity index (χ0n) is 3.98. The van der Waals surface area contributed by atoms with E-state index < -0.39 is 0 Å². The Hall–Kier alpha value is 0.412. The Morgan fingerprint density at radius 1 is 1.29 bits per heavy atom. The van der Waals surface area contributed by atoms with E-state index in [0.29, 0.717) is 0 Å². The molecule has 0 atom stereocenters. The molecule has 0 aromatic heterocycles. The van der Waals surface area contributed by atoms with Gasteiger partial charge in [-0.3, -0.25) is 0 Å². The van der Waals surface area contributed by atoms with Crippen molar-refractivity contribution in [1.29, 1.82) is 0 Å². The molecule has 0 aliphatic carbocycles. The van der Waals surface area contributed by atoms with E-state index in [1.165, 1.54) is 0 Å². The average molecular weight is 138 g/mol. The molecule has 1 fully saturated rings. The number of nitrogens with one attached hydrogen (secondary N) is 2. The number of rotatable bonds is 0. The molecule has 7 heavy (non-hydrogen) atoms. The van der Waals surface area contributed by atoms with Gasteiger partial charge in [-0.25, -0.2) is 0 Å². The summed E-state index contributed by atoms with van der Waals surface area (Å²) in [6, 6.07) is 0. The third-order valence-corrected chi connectivity index (χ3v) is 1.23. The Balaban J connectivity index is 2.12. The number of nitrogens with zero attached hydrogens (tertiary/aromatic N) is 1. The van der Waals surface area contributed by atoms with Gasteiger partial charge in [0.25, 0.3) is 0 Å². The van der Waals surface area contributed by atoms with Gasteiger partial charge in [0.15, 0.2) is 0 Å². The molecule has 41 valence electrons. The van der Waals surface area contributed by atoms with Crippen molar-refractivity contribution in [2.24, 2.45) is 0 Å². The zero-order valence-corrected chi connectivity index (χ0v) is 5.25. The van der Waals surface area contributed by atoms with Crippen LogP contribution in [0.3, 0.4) is 0 Å². The monoisotopic (exact) mass is 138 g/mol. The summed E-state index contributed by atoms with van der Waals surface area (Å²) in [5.41, 5.74) is 0. The summed E-state index contributed by atoms with van der Waals surface area (Å²) >= 11 is 2.89. The molecule has 0 spiro atoms. The molecule has 0 amide bonds. The van der Waals surface area contributed by atoms with Crippen LogP contribution in [0.4, 0.5) is 0 Å². The molecule has 0 bridgehead atoms. The van der Waals surface area contributed by atoms with Gasteiger partial charge in [0, 0.05) is 0 Å². The molecule has 0 radical (unpaired) electrons. The summed E-state index contributed by atoms with van der Waals surface area (Å²) in [6.45, 7) is 2.83. The Morgan fingerprint density at radius 3 is 2.14 bits per heavy atom. The molecule has 1 aliphatic heterocycles. The molecule has 4 heteroatoms. The Morgan fingerprint density at radius 2 is 1.86 bits per heavy atom. The van der Waals surface area contributed by atoms with Crippen molar-refractivity contribution in [3.8, 4) is 0 Å². The van der Waals surface area contributed by atoms with E-state index in [1.54, 1.807) is 0 Å². The van der Waals surface area contributed by atoms with Crippen LogP contribution in [0.25, 0.3) is 0 Å². The molecule has 0 aromatic rings. The standard InChI is InChI=1S/C3H8N3.Cr/c1-4-2-6-3-5-1;/h4-5H,1-3H2;/q-1;+1. The van der Waals surface area contributed by atoms with Crippen molar-refractivity contribution in [1.82, 2.24) is 14.5 Å². The van der Waals surface area contributed by atoms with Gasteiger partial charge in [0.2, 0.25) is 0 Å². The van der Waals surface area contributed by atoms with Crippen LogP contribution >= 0.6 is 0 Å². The Labute approximate surface area is 51.7 Å². The summed E-state index contributed by atoms with van der Waals surface area (Å²) in [7, 11) is 0. The maximum absolute atomic E-state index is 3.12. The first-order valence-electron chi connectivity index (χ1n) is 2.23. The molecule has 1 heterocycles. The van der Waals surface area contributed by atoms with E-state index in [9.17, 15) is 0 Å². The summed E-state index contributed by atoms with van der Waals surface area (Å²) in [5, 5.41) is 6.24. The topological polar surface area (TPSA) is 27.3 Å². The second-order valence-electron chi connectivity index (χ2n) is 1.47. The number of hydrogen-bond acceptors (Lipinski definition) is 3. The van der Waals surface area contributed by atoms with Gasteiger partial charge in [-0.2, -0.15) is 0 Å². The summed E-state index contributed by atoms with van der Waals surface area (Å²) in [5.74, 6) is 0. The van der Waals surface area contributed by atoms with Gasteiger partial charge >= 0.3 is 51.0 Å². The Kier molecular flexibility index (Phi) is 2.10. The van der Waals surface area contributed by atoms with Crippen LogP contribution in [-0.4, -0.2) is 23.9 Å². The van der Waals surface area contributed by atoms with Crippen LogP contribution in [0.15, 0.2) is 0 Å². The second-order valence-corrected chi connectivity index (χ2v) is 2.28. The van der Waals surface area contributed by atoms with Crippen molar-refractivity contribution >= 4 is 0 Å². The predicted molar refractivity (Wildman–Crippen MR) is 22.7 cm³/mol. The zero-order chi connectivity index (χ0) is 5.11. The summed E-state index contributed by atoms with van der Waals surface area (Å²) in [6.07, 6.45) is 0. The van der Waals surface area contributed by atoms with E-state index in [2.05, 4.69) is 27.1 Å². The molecule has 0 aromatic carbocycles. The predicted octanol–water partition coefficient (Wildman–Crippen LogP) is -1.18. The van der Waals surface area contributed by atoms with Crippen LogP contribution in [-0.2, 0) is 16.5 Å². The van der Waals surface area contributed by atoms with Crippen molar-refractivity contribution in [2.45, 2.75) is 0 Å². The van der Waals surface area contributed by atoms with E-state index in [1.807, 2.05) is 3.88 Å². The normalized spacial score (nSPS) is 25.1. The van der Waals surface area contributed by atoms with Gasteiger partial charge in [-0.15, -0.1) is 0 Å². The van der Waals surface area contributed by atoms with Crippen molar-refractivity contribution < 1.29 is 16.5 Å². The van der Waals surface area contributed by atoms with E-state index in [0.717, 1.165) is 20.0 Å². The van der Waals surface area contributed by atoms with Crippen LogP contribution in [0.5, 0.6) is 0 Å². The fraction of sp³-hybridized carbons (Fsp3) is 1.00. The maximum atomic E-state index is 3.12. The Bertz CT molecular complexity index is 52.1. The number of hydrogen-bond donors (Lipinski definition) is 2. The van der Waals surface area contributed by atoms with Crippen LogP contribution in [0.2, 0.25) is 0 Å². The minimum atomic E-state index is 0.929. The molecule has 0 unspecified atom stereocenters. The first kappa shape index (κ1) is 5.55. The third kappa shape index (κ3) is 1.76. The first-order valence-corrected chi connectivity index (χ1v) is 2.80. The SMILES string of the molecule is [Cr][N]1CNCNC1. The fourth-order valence-electron chi connectivity index (χ4n) is 0.505. The molecule has 1 saturated heterocycles. The molecule has 1 aliphatic rings. The van der Waals surface area contributed by atoms with Gasteiger partial charge in [0.1, 0.15) is 0 Å². The first-order chi connectivity index (χ1) is 3.39. The molecule has 1 rings (SSSR count). The molecule has 3 nitrogen and oxygen atoms in total. The van der Waals surface area contributed by atoms with Gasteiger partial charge in [-0.1, -0.05) is 0 Å². The van der Waals surface area contributed by atoms with Crippen LogP contribution < -0.4 is 10.6 Å². The molecular weight excluding hydrogens is 130 g/mol. The van der Waals surface area contributed by atoms with E-state index in [-0.39, 0.29) is 0 Å². The fourth-order valence-corrected chi connectivity index (χ4v) is 0.791. The second kappa shape index (κ2) is 2.65. The molecule has 0 saturated carbocycles. The van der Waals surface area contributed by atoms with E-state index >= 15 is 0 Å². The minimum absolute atomic E-state index is 0.929. The summed E-state index contributed by atoms with van der Waals surface area (Å²) in [4.78, 5) is 0. The van der Waals surface area contributed by atoms with Crippen molar-refractivity contribution in [3.63, 3.8) is 0 Å². The van der Waals surface area contributed by atoms with Gasteiger partial charge in [-0.05, 0) is 0 Å². The van der Waals surface area contributed by atoms with Crippen molar-refractivity contribution in [3.05, 3.63) is 0 Å². The van der Waals surface area contributed by atoms with E-state index in [4.69, 9.17) is 0 Å². The summed E-state index contributed by atoms with van der Waals surface area (Å²) < 4.78 is 2.05. The third-order valence-electron chi connectivity index (χ3n) is 0.826.